The number of benzene rings is 1. The van der Waals surface area contributed by atoms with E-state index in [9.17, 15) is 0 Å². The highest BCUT2D eigenvalue weighted by Crippen LogP contribution is 2.32. The summed E-state index contributed by atoms with van der Waals surface area (Å²) in [5.41, 5.74) is 4.35. The zero-order valence-corrected chi connectivity index (χ0v) is 16.3. The molecule has 1 aromatic carbocycles. The van der Waals surface area contributed by atoms with Gasteiger partial charge >= 0.3 is 0 Å². The summed E-state index contributed by atoms with van der Waals surface area (Å²) < 4.78 is 2.56. The molecule has 0 radical (unpaired) electrons. The molecule has 0 bridgehead atoms. The first-order chi connectivity index (χ1) is 12.0. The van der Waals surface area contributed by atoms with Crippen LogP contribution in [0.1, 0.15) is 25.1 Å². The molecular weight excluding hydrogens is 332 g/mol. The van der Waals surface area contributed by atoms with Crippen LogP contribution in [0.4, 0.5) is 0 Å². The lowest BCUT2D eigenvalue weighted by Gasteiger charge is -2.37. The third-order valence-corrected chi connectivity index (χ3v) is 6.15. The van der Waals surface area contributed by atoms with Crippen molar-refractivity contribution in [3.8, 4) is 0 Å². The van der Waals surface area contributed by atoms with Crippen LogP contribution in [0.25, 0.3) is 10.9 Å². The molecular formula is C20H29ClN4. The first-order valence-corrected chi connectivity index (χ1v) is 9.86. The molecule has 2 aliphatic rings. The third kappa shape index (κ3) is 3.33. The lowest BCUT2D eigenvalue weighted by Crippen LogP contribution is -2.54. The Morgan fingerprint density at radius 1 is 1.24 bits per heavy atom. The molecule has 0 saturated carbocycles. The van der Waals surface area contributed by atoms with E-state index in [0.717, 1.165) is 50.7 Å². The lowest BCUT2D eigenvalue weighted by molar-refractivity contribution is 0.141. The number of nitrogens with zero attached hydrogens (tertiary/aromatic N) is 3. The molecule has 0 spiro atoms. The second-order valence-corrected chi connectivity index (χ2v) is 8.32. The van der Waals surface area contributed by atoms with E-state index in [4.69, 9.17) is 11.6 Å². The summed E-state index contributed by atoms with van der Waals surface area (Å²) in [7, 11) is 2.21. The smallest absolute Gasteiger partial charge is 0.0487 e. The van der Waals surface area contributed by atoms with Crippen molar-refractivity contribution in [2.45, 2.75) is 45.4 Å². The van der Waals surface area contributed by atoms with Crippen LogP contribution in [0.2, 0.25) is 5.02 Å². The van der Waals surface area contributed by atoms with Gasteiger partial charge < -0.3 is 14.8 Å². The largest absolute Gasteiger partial charge is 0.343 e. The highest BCUT2D eigenvalue weighted by Gasteiger charge is 2.25. The van der Waals surface area contributed by atoms with Gasteiger partial charge in [-0.25, -0.2) is 0 Å². The van der Waals surface area contributed by atoms with Crippen molar-refractivity contribution in [1.29, 1.82) is 0 Å². The molecule has 2 aromatic rings. The Morgan fingerprint density at radius 3 is 2.92 bits per heavy atom. The van der Waals surface area contributed by atoms with E-state index in [1.54, 1.807) is 0 Å². The number of fused-ring (bicyclic) bond motifs is 3. The highest BCUT2D eigenvalue weighted by molar-refractivity contribution is 6.31. The highest BCUT2D eigenvalue weighted by atomic mass is 35.5. The number of likely N-dealkylation sites (N-methyl/N-ethyl adjacent to an activating group) is 1. The van der Waals surface area contributed by atoms with Gasteiger partial charge in [0.05, 0.1) is 0 Å². The molecule has 1 N–H and O–H groups in total. The van der Waals surface area contributed by atoms with Crippen LogP contribution in [0.3, 0.4) is 0 Å². The Labute approximate surface area is 155 Å². The first kappa shape index (κ1) is 17.3. The van der Waals surface area contributed by atoms with E-state index in [1.165, 1.54) is 22.2 Å². The van der Waals surface area contributed by atoms with Gasteiger partial charge in [-0.3, -0.25) is 4.90 Å². The molecule has 2 atom stereocenters. The summed E-state index contributed by atoms with van der Waals surface area (Å²) in [6.07, 6.45) is 1.13. The number of aromatic nitrogens is 1. The van der Waals surface area contributed by atoms with Crippen molar-refractivity contribution in [2.24, 2.45) is 0 Å². The number of nitrogens with one attached hydrogen (secondary N) is 1. The summed E-state index contributed by atoms with van der Waals surface area (Å²) in [5.74, 6) is 0. The zero-order valence-electron chi connectivity index (χ0n) is 15.6. The molecule has 1 aromatic heterocycles. The summed E-state index contributed by atoms with van der Waals surface area (Å²) in [4.78, 5) is 5.04. The van der Waals surface area contributed by atoms with Crippen LogP contribution >= 0.6 is 11.6 Å². The Morgan fingerprint density at radius 2 is 2.08 bits per heavy atom. The molecule has 0 amide bonds. The number of hydrogen-bond acceptors (Lipinski definition) is 3. The van der Waals surface area contributed by atoms with Crippen LogP contribution in [0.15, 0.2) is 18.2 Å². The van der Waals surface area contributed by atoms with Gasteiger partial charge in [-0.15, -0.1) is 0 Å². The Balaban J connectivity index is 1.65. The topological polar surface area (TPSA) is 23.4 Å². The van der Waals surface area contributed by atoms with E-state index in [2.05, 4.69) is 52.7 Å². The van der Waals surface area contributed by atoms with Crippen LogP contribution < -0.4 is 5.32 Å². The summed E-state index contributed by atoms with van der Waals surface area (Å²) in [6.45, 7) is 11.2. The molecule has 2 unspecified atom stereocenters. The van der Waals surface area contributed by atoms with Crippen molar-refractivity contribution < 1.29 is 0 Å². The van der Waals surface area contributed by atoms with Crippen LogP contribution in [0.5, 0.6) is 0 Å². The van der Waals surface area contributed by atoms with Gasteiger partial charge in [-0.2, -0.15) is 0 Å². The minimum Gasteiger partial charge on any atom is -0.343 e. The molecule has 0 aliphatic carbocycles. The van der Waals surface area contributed by atoms with Gasteiger partial charge in [0.25, 0.3) is 0 Å². The predicted molar refractivity (Wildman–Crippen MR) is 105 cm³/mol. The zero-order chi connectivity index (χ0) is 17.6. The van der Waals surface area contributed by atoms with Gasteiger partial charge in [0, 0.05) is 79.4 Å². The maximum Gasteiger partial charge on any atom is 0.0487 e. The molecule has 136 valence electrons. The second kappa shape index (κ2) is 6.92. The molecule has 1 fully saturated rings. The second-order valence-electron chi connectivity index (χ2n) is 7.88. The molecule has 4 nitrogen and oxygen atoms in total. The number of piperazine rings is 1. The molecule has 1 saturated heterocycles. The van der Waals surface area contributed by atoms with Gasteiger partial charge in [-0.05, 0) is 44.7 Å². The average Bonchev–Trinajstić information content (AvgIpc) is 2.88. The van der Waals surface area contributed by atoms with Gasteiger partial charge in [0.1, 0.15) is 0 Å². The van der Waals surface area contributed by atoms with Gasteiger partial charge in [0.15, 0.2) is 0 Å². The van der Waals surface area contributed by atoms with Crippen molar-refractivity contribution in [2.75, 3.05) is 33.2 Å². The fourth-order valence-corrected chi connectivity index (χ4v) is 4.62. The van der Waals surface area contributed by atoms with E-state index in [-0.39, 0.29) is 0 Å². The van der Waals surface area contributed by atoms with Crippen molar-refractivity contribution in [3.63, 3.8) is 0 Å². The SMILES string of the molecule is CC1CN(CCn2c3c(c4cc(Cl)ccc42)CN(C)CC3)C(C)CN1. The summed E-state index contributed by atoms with van der Waals surface area (Å²) >= 11 is 6.30. The Bertz CT molecular complexity index is 769. The fraction of sp³-hybridized carbons (Fsp3) is 0.600. The molecule has 4 rings (SSSR count). The molecule has 3 heterocycles. The Hall–Kier alpha value is -1.07. The van der Waals surface area contributed by atoms with E-state index < -0.39 is 0 Å². The quantitative estimate of drug-likeness (QED) is 0.910. The van der Waals surface area contributed by atoms with Crippen molar-refractivity contribution in [1.82, 2.24) is 19.7 Å². The number of hydrogen-bond donors (Lipinski definition) is 1. The predicted octanol–water partition coefficient (Wildman–Crippen LogP) is 2.96. The lowest BCUT2D eigenvalue weighted by atomic mass is 10.1. The maximum absolute atomic E-state index is 6.30. The fourth-order valence-electron chi connectivity index (χ4n) is 4.45. The average molecular weight is 361 g/mol. The number of rotatable bonds is 3. The standard InChI is InChI=1S/C20H29ClN4/c1-14-12-24(15(2)11-22-14)8-9-25-19-5-4-16(21)10-17(19)18-13-23(3)7-6-20(18)25/h4-5,10,14-15,22H,6-9,11-13H2,1-3H3. The van der Waals surface area contributed by atoms with Crippen LogP contribution in [-0.2, 0) is 19.5 Å². The van der Waals surface area contributed by atoms with E-state index >= 15 is 0 Å². The minimum atomic E-state index is 0.582. The number of halogens is 1. The maximum atomic E-state index is 6.30. The van der Waals surface area contributed by atoms with Crippen molar-refractivity contribution >= 4 is 22.5 Å². The van der Waals surface area contributed by atoms with Crippen molar-refractivity contribution in [3.05, 3.63) is 34.5 Å². The molecule has 25 heavy (non-hydrogen) atoms. The van der Waals surface area contributed by atoms with Gasteiger partial charge in [-0.1, -0.05) is 11.6 Å². The summed E-state index contributed by atoms with van der Waals surface area (Å²) in [5, 5.41) is 5.76. The van der Waals surface area contributed by atoms with Crippen LogP contribution in [-0.4, -0.2) is 59.7 Å². The Kier molecular flexibility index (Phi) is 4.80. The van der Waals surface area contributed by atoms with E-state index in [1.807, 2.05) is 6.07 Å². The first-order valence-electron chi connectivity index (χ1n) is 9.48. The van der Waals surface area contributed by atoms with Gasteiger partial charge in [0.2, 0.25) is 0 Å². The minimum absolute atomic E-state index is 0.582. The third-order valence-electron chi connectivity index (χ3n) is 5.91. The van der Waals surface area contributed by atoms with E-state index in [0.29, 0.717) is 12.1 Å². The normalized spacial score (nSPS) is 25.4. The van der Waals surface area contributed by atoms with Crippen LogP contribution in [0, 0.1) is 0 Å². The monoisotopic (exact) mass is 360 g/mol. The molecule has 5 heteroatoms. The summed E-state index contributed by atoms with van der Waals surface area (Å²) in [6, 6.07) is 7.58. The molecule has 2 aliphatic heterocycles.